The second-order valence-corrected chi connectivity index (χ2v) is 6.09. The van der Waals surface area contributed by atoms with Gasteiger partial charge in [0.05, 0.1) is 23.5 Å². The van der Waals surface area contributed by atoms with E-state index in [1.807, 2.05) is 30.3 Å². The first-order chi connectivity index (χ1) is 13.5. The number of rotatable bonds is 4. The maximum absolute atomic E-state index is 13.3. The van der Waals surface area contributed by atoms with E-state index in [2.05, 4.69) is 11.1 Å². The predicted octanol–water partition coefficient (Wildman–Crippen LogP) is 2.68. The van der Waals surface area contributed by atoms with E-state index in [1.165, 1.54) is 18.1 Å². The zero-order valence-corrected chi connectivity index (χ0v) is 16.4. The number of nitrogens with zero attached hydrogens (tertiary/aromatic N) is 2. The van der Waals surface area contributed by atoms with Gasteiger partial charge in [0.25, 0.3) is 5.91 Å². The maximum atomic E-state index is 13.3. The van der Waals surface area contributed by atoms with Gasteiger partial charge in [0, 0.05) is 24.0 Å². The number of benzene rings is 2. The van der Waals surface area contributed by atoms with Crippen molar-refractivity contribution in [3.05, 3.63) is 65.3 Å². The number of fused-ring (bicyclic) bond motifs is 1. The van der Waals surface area contributed by atoms with Crippen molar-refractivity contribution in [2.45, 2.75) is 0 Å². The van der Waals surface area contributed by atoms with Gasteiger partial charge in [-0.3, -0.25) is 15.1 Å². The van der Waals surface area contributed by atoms with Crippen LogP contribution in [-0.4, -0.2) is 38.7 Å². The summed E-state index contributed by atoms with van der Waals surface area (Å²) in [6.07, 6.45) is 2.09. The lowest BCUT2D eigenvalue weighted by molar-refractivity contribution is -0.114. The molecule has 0 unspecified atom stereocenters. The summed E-state index contributed by atoms with van der Waals surface area (Å²) >= 11 is 6.18. The lowest BCUT2D eigenvalue weighted by Crippen LogP contribution is -2.33. The molecule has 1 aliphatic rings. The Bertz CT molecular complexity index is 899. The van der Waals surface area contributed by atoms with Crippen molar-refractivity contribution >= 4 is 46.7 Å². The minimum absolute atomic E-state index is 0.0235. The predicted molar refractivity (Wildman–Crippen MR) is 113 cm³/mol. The SMILES string of the molecule is CN.CN1C(=N)/C(=C\NCC=O)C(=O)N(c2ccccc2)c2cc(Cl)ccc21. The number of anilines is 3. The molecule has 1 aliphatic heterocycles. The molecule has 0 saturated carbocycles. The van der Waals surface area contributed by atoms with Gasteiger partial charge < -0.3 is 20.7 Å². The van der Waals surface area contributed by atoms with E-state index in [-0.39, 0.29) is 23.9 Å². The van der Waals surface area contributed by atoms with Gasteiger partial charge in [0.15, 0.2) is 0 Å². The third kappa shape index (κ3) is 4.21. The van der Waals surface area contributed by atoms with Gasteiger partial charge in [-0.15, -0.1) is 0 Å². The first-order valence-electron chi connectivity index (χ1n) is 8.51. The maximum Gasteiger partial charge on any atom is 0.268 e. The normalized spacial score (nSPS) is 14.8. The number of nitrogens with two attached hydrogens (primary N) is 1. The molecule has 3 rings (SSSR count). The number of aldehydes is 1. The number of halogens is 1. The average Bonchev–Trinajstić information content (AvgIpc) is 2.79. The molecule has 8 heteroatoms. The number of hydrogen-bond acceptors (Lipinski definition) is 5. The smallest absolute Gasteiger partial charge is 0.268 e. The van der Waals surface area contributed by atoms with Crippen LogP contribution in [0.4, 0.5) is 17.1 Å². The summed E-state index contributed by atoms with van der Waals surface area (Å²) in [6.45, 7) is 0.0535. The van der Waals surface area contributed by atoms with E-state index < -0.39 is 0 Å². The van der Waals surface area contributed by atoms with Crippen LogP contribution < -0.4 is 20.9 Å². The van der Waals surface area contributed by atoms with Crippen LogP contribution in [0.5, 0.6) is 0 Å². The van der Waals surface area contributed by atoms with Gasteiger partial charge in [-0.25, -0.2) is 0 Å². The minimum atomic E-state index is -0.382. The van der Waals surface area contributed by atoms with E-state index in [1.54, 1.807) is 30.1 Å². The van der Waals surface area contributed by atoms with Gasteiger partial charge in [-0.1, -0.05) is 29.8 Å². The Balaban J connectivity index is 0.00000136. The zero-order valence-electron chi connectivity index (χ0n) is 15.6. The van der Waals surface area contributed by atoms with Crippen LogP contribution >= 0.6 is 11.6 Å². The molecule has 0 bridgehead atoms. The molecule has 0 fully saturated rings. The van der Waals surface area contributed by atoms with Crippen molar-refractivity contribution in [3.8, 4) is 0 Å². The molecule has 0 aliphatic carbocycles. The summed E-state index contributed by atoms with van der Waals surface area (Å²) in [5.74, 6) is -0.358. The largest absolute Gasteiger partial charge is 0.383 e. The molecule has 0 aromatic heterocycles. The summed E-state index contributed by atoms with van der Waals surface area (Å²) in [5.41, 5.74) is 6.56. The van der Waals surface area contributed by atoms with E-state index in [0.717, 1.165) is 0 Å². The fourth-order valence-corrected chi connectivity index (χ4v) is 2.93. The monoisotopic (exact) mass is 399 g/mol. The van der Waals surface area contributed by atoms with Crippen LogP contribution in [0.3, 0.4) is 0 Å². The molecule has 0 atom stereocenters. The second kappa shape index (κ2) is 9.68. The van der Waals surface area contributed by atoms with Crippen molar-refractivity contribution in [2.75, 3.05) is 30.4 Å². The number of nitrogens with one attached hydrogen (secondary N) is 2. The van der Waals surface area contributed by atoms with E-state index in [9.17, 15) is 9.59 Å². The molecule has 0 radical (unpaired) electrons. The van der Waals surface area contributed by atoms with E-state index in [4.69, 9.17) is 17.0 Å². The lowest BCUT2D eigenvalue weighted by atomic mass is 10.2. The summed E-state index contributed by atoms with van der Waals surface area (Å²) in [4.78, 5) is 27.0. The third-order valence-corrected chi connectivity index (χ3v) is 4.26. The molecule has 0 spiro atoms. The van der Waals surface area contributed by atoms with Crippen LogP contribution in [-0.2, 0) is 9.59 Å². The first kappa shape index (κ1) is 21.1. The van der Waals surface area contributed by atoms with Crippen LogP contribution in [0.15, 0.2) is 60.3 Å². The van der Waals surface area contributed by atoms with Crippen molar-refractivity contribution in [1.82, 2.24) is 5.32 Å². The second-order valence-electron chi connectivity index (χ2n) is 5.65. The van der Waals surface area contributed by atoms with Crippen LogP contribution in [0.2, 0.25) is 5.02 Å². The molecule has 1 amide bonds. The number of amides is 1. The van der Waals surface area contributed by atoms with Crippen molar-refractivity contribution < 1.29 is 9.59 Å². The fourth-order valence-electron chi connectivity index (χ4n) is 2.76. The van der Waals surface area contributed by atoms with Crippen molar-refractivity contribution in [3.63, 3.8) is 0 Å². The topological polar surface area (TPSA) is 103 Å². The Morgan fingerprint density at radius 2 is 1.82 bits per heavy atom. The molecule has 28 heavy (non-hydrogen) atoms. The molecule has 146 valence electrons. The number of carbonyl (C=O) groups excluding carboxylic acids is 2. The van der Waals surface area contributed by atoms with Crippen molar-refractivity contribution in [2.24, 2.45) is 5.73 Å². The number of hydrogen-bond donors (Lipinski definition) is 3. The van der Waals surface area contributed by atoms with Crippen LogP contribution in [0, 0.1) is 5.41 Å². The number of carbonyl (C=O) groups is 2. The van der Waals surface area contributed by atoms with Gasteiger partial charge in [-0.05, 0) is 37.4 Å². The molecular weight excluding hydrogens is 378 g/mol. The molecule has 7 nitrogen and oxygen atoms in total. The molecule has 4 N–H and O–H groups in total. The first-order valence-corrected chi connectivity index (χ1v) is 8.89. The molecule has 1 heterocycles. The molecular formula is C20H22ClN5O2. The van der Waals surface area contributed by atoms with Gasteiger partial charge in [0.1, 0.15) is 12.1 Å². The Labute approximate surface area is 168 Å². The number of likely N-dealkylation sites (N-methyl/N-ethyl adjacent to an activating group) is 1. The Morgan fingerprint density at radius 1 is 1.14 bits per heavy atom. The highest BCUT2D eigenvalue weighted by atomic mass is 35.5. The quantitative estimate of drug-likeness (QED) is 0.416. The Hall–Kier alpha value is -3.16. The van der Waals surface area contributed by atoms with Crippen LogP contribution in [0.1, 0.15) is 0 Å². The summed E-state index contributed by atoms with van der Waals surface area (Å²) < 4.78 is 0. The molecule has 2 aromatic carbocycles. The highest BCUT2D eigenvalue weighted by Crippen LogP contribution is 2.40. The highest BCUT2D eigenvalue weighted by molar-refractivity contribution is 6.34. The fraction of sp³-hybridized carbons (Fsp3) is 0.150. The number of amidine groups is 1. The van der Waals surface area contributed by atoms with E-state index in [0.29, 0.717) is 28.4 Å². The summed E-state index contributed by atoms with van der Waals surface area (Å²) in [7, 11) is 3.21. The summed E-state index contributed by atoms with van der Waals surface area (Å²) in [5, 5.41) is 11.7. The number of para-hydroxylation sites is 1. The van der Waals surface area contributed by atoms with Crippen molar-refractivity contribution in [1.29, 1.82) is 5.41 Å². The van der Waals surface area contributed by atoms with Crippen LogP contribution in [0.25, 0.3) is 0 Å². The molecule has 2 aromatic rings. The van der Waals surface area contributed by atoms with E-state index >= 15 is 0 Å². The third-order valence-electron chi connectivity index (χ3n) is 4.03. The highest BCUT2D eigenvalue weighted by Gasteiger charge is 2.33. The minimum Gasteiger partial charge on any atom is -0.383 e. The zero-order chi connectivity index (χ0) is 20.7. The lowest BCUT2D eigenvalue weighted by Gasteiger charge is -2.24. The van der Waals surface area contributed by atoms with Gasteiger partial charge in [-0.2, -0.15) is 0 Å². The Morgan fingerprint density at radius 3 is 2.46 bits per heavy atom. The standard InChI is InChI=1S/C19H17ClN4O2.CH5N/c1-23-16-8-7-13(20)11-17(16)24(14-5-3-2-4-6-14)19(26)15(18(23)21)12-22-9-10-25;1-2/h2-8,10-12,21-22H,9H2,1H3;2H2,1H3/b15-12+,21-18?;. The van der Waals surface area contributed by atoms with Gasteiger partial charge >= 0.3 is 0 Å². The Kier molecular flexibility index (Phi) is 7.31. The van der Waals surface area contributed by atoms with Gasteiger partial charge in [0.2, 0.25) is 0 Å². The molecule has 0 saturated heterocycles. The average molecular weight is 400 g/mol. The summed E-state index contributed by atoms with van der Waals surface area (Å²) in [6, 6.07) is 14.4.